The summed E-state index contributed by atoms with van der Waals surface area (Å²) in [6.07, 6.45) is 11.6. The van der Waals surface area contributed by atoms with Crippen molar-refractivity contribution in [2.24, 2.45) is 0 Å². The lowest BCUT2D eigenvalue weighted by atomic mass is 10.1. The van der Waals surface area contributed by atoms with E-state index in [1.807, 2.05) is 0 Å². The summed E-state index contributed by atoms with van der Waals surface area (Å²) in [6.45, 7) is 3.61. The van der Waals surface area contributed by atoms with Crippen molar-refractivity contribution in [2.75, 3.05) is 0 Å². The molecule has 1 N–H and O–H groups in total. The fourth-order valence-corrected chi connectivity index (χ4v) is 1.73. The highest BCUT2D eigenvalue weighted by Crippen LogP contribution is 2.09. The SMILES string of the molecule is C=CCC(O)CCCCCC/C=C\I. The van der Waals surface area contributed by atoms with Crippen molar-refractivity contribution < 1.29 is 5.11 Å². The molecule has 0 aliphatic rings. The van der Waals surface area contributed by atoms with Gasteiger partial charge in [-0.3, -0.25) is 0 Å². The largest absolute Gasteiger partial charge is 0.393 e. The Bertz CT molecular complexity index is 154. The van der Waals surface area contributed by atoms with Gasteiger partial charge in [-0.1, -0.05) is 54.0 Å². The van der Waals surface area contributed by atoms with Crippen LogP contribution >= 0.6 is 22.6 Å². The second kappa shape index (κ2) is 11.2. The number of allylic oxidation sites excluding steroid dienone is 1. The van der Waals surface area contributed by atoms with Gasteiger partial charge in [-0.25, -0.2) is 0 Å². The van der Waals surface area contributed by atoms with E-state index in [1.165, 1.54) is 25.7 Å². The lowest BCUT2D eigenvalue weighted by molar-refractivity contribution is 0.164. The molecule has 14 heavy (non-hydrogen) atoms. The fraction of sp³-hybridized carbons (Fsp3) is 0.667. The Morgan fingerprint density at radius 2 is 1.93 bits per heavy atom. The van der Waals surface area contributed by atoms with Crippen LogP contribution in [0.25, 0.3) is 0 Å². The first-order valence-electron chi connectivity index (χ1n) is 5.35. The molecule has 0 saturated heterocycles. The summed E-state index contributed by atoms with van der Waals surface area (Å²) in [5.74, 6) is 0. The van der Waals surface area contributed by atoms with Crippen LogP contribution in [0.2, 0.25) is 0 Å². The molecule has 2 heteroatoms. The monoisotopic (exact) mass is 308 g/mol. The molecule has 0 bridgehead atoms. The highest BCUT2D eigenvalue weighted by atomic mass is 127. The molecule has 0 aliphatic heterocycles. The number of aliphatic hydroxyl groups excluding tert-OH is 1. The highest BCUT2D eigenvalue weighted by Gasteiger charge is 1.99. The minimum absolute atomic E-state index is 0.165. The molecule has 82 valence electrons. The van der Waals surface area contributed by atoms with Crippen LogP contribution < -0.4 is 0 Å². The van der Waals surface area contributed by atoms with Crippen LogP contribution in [0.15, 0.2) is 22.8 Å². The zero-order chi connectivity index (χ0) is 10.6. The normalized spacial score (nSPS) is 13.3. The third-order valence-electron chi connectivity index (χ3n) is 2.19. The van der Waals surface area contributed by atoms with Crippen molar-refractivity contribution >= 4 is 22.6 Å². The first kappa shape index (κ1) is 14.2. The Labute approximate surface area is 101 Å². The average molecular weight is 308 g/mol. The third kappa shape index (κ3) is 10.3. The van der Waals surface area contributed by atoms with Gasteiger partial charge in [-0.05, 0) is 29.8 Å². The van der Waals surface area contributed by atoms with E-state index < -0.39 is 0 Å². The minimum Gasteiger partial charge on any atom is -0.393 e. The van der Waals surface area contributed by atoms with Crippen molar-refractivity contribution in [3.8, 4) is 0 Å². The lowest BCUT2D eigenvalue weighted by Crippen LogP contribution is -2.03. The summed E-state index contributed by atoms with van der Waals surface area (Å²) in [7, 11) is 0. The summed E-state index contributed by atoms with van der Waals surface area (Å²) < 4.78 is 2.07. The molecule has 0 saturated carbocycles. The Kier molecular flexibility index (Phi) is 11.4. The quantitative estimate of drug-likeness (QED) is 0.384. The van der Waals surface area contributed by atoms with E-state index in [9.17, 15) is 5.11 Å². The minimum atomic E-state index is -0.165. The average Bonchev–Trinajstić information content (AvgIpc) is 2.17. The van der Waals surface area contributed by atoms with Crippen LogP contribution in [0.3, 0.4) is 0 Å². The molecule has 1 atom stereocenters. The maximum Gasteiger partial charge on any atom is 0.0574 e. The molecule has 0 fully saturated rings. The number of unbranched alkanes of at least 4 members (excludes halogenated alkanes) is 4. The molecule has 0 rings (SSSR count). The van der Waals surface area contributed by atoms with Gasteiger partial charge >= 0.3 is 0 Å². The van der Waals surface area contributed by atoms with Crippen molar-refractivity contribution in [3.63, 3.8) is 0 Å². The molecule has 0 radical (unpaired) electrons. The van der Waals surface area contributed by atoms with Crippen LogP contribution in [0.5, 0.6) is 0 Å². The van der Waals surface area contributed by atoms with Crippen LogP contribution in [0.4, 0.5) is 0 Å². The lowest BCUT2D eigenvalue weighted by Gasteiger charge is -2.06. The number of hydrogen-bond donors (Lipinski definition) is 1. The molecular weight excluding hydrogens is 287 g/mol. The predicted molar refractivity (Wildman–Crippen MR) is 71.7 cm³/mol. The molecule has 0 heterocycles. The maximum absolute atomic E-state index is 9.41. The molecule has 1 nitrogen and oxygen atoms in total. The maximum atomic E-state index is 9.41. The smallest absolute Gasteiger partial charge is 0.0574 e. The van der Waals surface area contributed by atoms with Gasteiger partial charge in [0.2, 0.25) is 0 Å². The van der Waals surface area contributed by atoms with Gasteiger partial charge < -0.3 is 5.11 Å². The summed E-state index contributed by atoms with van der Waals surface area (Å²) in [5.41, 5.74) is 0. The molecule has 0 amide bonds. The van der Waals surface area contributed by atoms with E-state index in [1.54, 1.807) is 6.08 Å². The van der Waals surface area contributed by atoms with Gasteiger partial charge in [0, 0.05) is 0 Å². The van der Waals surface area contributed by atoms with E-state index in [0.29, 0.717) is 0 Å². The Balaban J connectivity index is 3.08. The summed E-state index contributed by atoms with van der Waals surface area (Å²) >= 11 is 2.25. The van der Waals surface area contributed by atoms with Crippen molar-refractivity contribution in [1.29, 1.82) is 0 Å². The second-order valence-electron chi connectivity index (χ2n) is 3.53. The fourth-order valence-electron chi connectivity index (χ4n) is 1.37. The number of rotatable bonds is 9. The zero-order valence-corrected chi connectivity index (χ0v) is 10.9. The van der Waals surface area contributed by atoms with Crippen LogP contribution in [0.1, 0.15) is 44.9 Å². The summed E-state index contributed by atoms with van der Waals surface area (Å²) in [6, 6.07) is 0. The number of hydrogen-bond acceptors (Lipinski definition) is 1. The van der Waals surface area contributed by atoms with Gasteiger partial charge in [0.05, 0.1) is 6.10 Å². The number of aliphatic hydroxyl groups is 1. The number of halogens is 1. The van der Waals surface area contributed by atoms with Crippen LogP contribution in [-0.4, -0.2) is 11.2 Å². The van der Waals surface area contributed by atoms with E-state index in [2.05, 4.69) is 39.3 Å². The molecule has 0 aliphatic carbocycles. The van der Waals surface area contributed by atoms with Gasteiger partial charge in [-0.2, -0.15) is 0 Å². The summed E-state index contributed by atoms with van der Waals surface area (Å²) in [4.78, 5) is 0. The van der Waals surface area contributed by atoms with Crippen molar-refractivity contribution in [3.05, 3.63) is 22.8 Å². The molecule has 0 aromatic heterocycles. The van der Waals surface area contributed by atoms with Crippen LogP contribution in [-0.2, 0) is 0 Å². The molecule has 0 spiro atoms. The molecule has 1 unspecified atom stereocenters. The van der Waals surface area contributed by atoms with E-state index in [4.69, 9.17) is 0 Å². The summed E-state index contributed by atoms with van der Waals surface area (Å²) in [5, 5.41) is 9.41. The molecular formula is C12H21IO. The molecule has 0 aromatic carbocycles. The zero-order valence-electron chi connectivity index (χ0n) is 8.79. The third-order valence-corrected chi connectivity index (χ3v) is 2.69. The van der Waals surface area contributed by atoms with E-state index >= 15 is 0 Å². The van der Waals surface area contributed by atoms with Gasteiger partial charge in [0.1, 0.15) is 0 Å². The molecule has 0 aromatic rings. The van der Waals surface area contributed by atoms with E-state index in [-0.39, 0.29) is 6.10 Å². The second-order valence-corrected chi connectivity index (χ2v) is 4.25. The highest BCUT2D eigenvalue weighted by molar-refractivity contribution is 14.1. The Morgan fingerprint density at radius 3 is 2.57 bits per heavy atom. The topological polar surface area (TPSA) is 20.2 Å². The van der Waals surface area contributed by atoms with Crippen LogP contribution in [0, 0.1) is 0 Å². The van der Waals surface area contributed by atoms with Gasteiger partial charge in [0.25, 0.3) is 0 Å². The van der Waals surface area contributed by atoms with Gasteiger partial charge in [-0.15, -0.1) is 6.58 Å². The predicted octanol–water partition coefficient (Wildman–Crippen LogP) is 4.21. The standard InChI is InChI=1S/C12H21IO/c1-2-9-12(14)10-7-5-3-4-6-8-11-13/h2,8,11-12,14H,1,3-7,9-10H2/b11-8-. The first-order chi connectivity index (χ1) is 6.81. The van der Waals surface area contributed by atoms with Gasteiger partial charge in [0.15, 0.2) is 0 Å². The van der Waals surface area contributed by atoms with Crippen molar-refractivity contribution in [2.45, 2.75) is 51.0 Å². The Morgan fingerprint density at radius 1 is 1.21 bits per heavy atom. The first-order valence-corrected chi connectivity index (χ1v) is 6.60. The van der Waals surface area contributed by atoms with E-state index in [0.717, 1.165) is 19.3 Å². The Hall–Kier alpha value is 0.170. The van der Waals surface area contributed by atoms with Crippen molar-refractivity contribution in [1.82, 2.24) is 0 Å².